The Morgan fingerprint density at radius 3 is 2.75 bits per heavy atom. The molecule has 1 aliphatic heterocycles. The van der Waals surface area contributed by atoms with Crippen LogP contribution in [0.15, 0.2) is 16.5 Å². The van der Waals surface area contributed by atoms with Gasteiger partial charge in [0.05, 0.1) is 10.4 Å². The van der Waals surface area contributed by atoms with Gasteiger partial charge in [0.25, 0.3) is 0 Å². The molecule has 4 rings (SSSR count). The van der Waals surface area contributed by atoms with E-state index in [0.717, 1.165) is 24.9 Å². The Morgan fingerprint density at radius 2 is 2.04 bits per heavy atom. The summed E-state index contributed by atoms with van der Waals surface area (Å²) in [6.07, 6.45) is 1.06. The van der Waals surface area contributed by atoms with E-state index in [0.29, 0.717) is 38.6 Å². The lowest BCUT2D eigenvalue weighted by molar-refractivity contribution is 0.315. The number of halogens is 2. The van der Waals surface area contributed by atoms with E-state index in [1.54, 1.807) is 12.1 Å². The summed E-state index contributed by atoms with van der Waals surface area (Å²) < 4.78 is 6.01. The maximum Gasteiger partial charge on any atom is 0.222 e. The molecule has 126 valence electrons. The largest absolute Gasteiger partial charge is 0.449 e. The van der Waals surface area contributed by atoms with Crippen molar-refractivity contribution in [1.29, 1.82) is 0 Å². The van der Waals surface area contributed by atoms with Crippen LogP contribution in [-0.2, 0) is 0 Å². The molecule has 0 aliphatic carbocycles. The van der Waals surface area contributed by atoms with Gasteiger partial charge in [0.1, 0.15) is 5.52 Å². The van der Waals surface area contributed by atoms with Crippen LogP contribution in [0.2, 0.25) is 10.0 Å². The Kier molecular flexibility index (Phi) is 3.71. The minimum Gasteiger partial charge on any atom is -0.449 e. The van der Waals surface area contributed by atoms with Gasteiger partial charge in [0.2, 0.25) is 5.95 Å². The standard InChI is InChI=1S/C16H17Cl2N5O/c1-22(2)9-3-4-23(7-9)15-14-12(20-16(19)21-15)10-5-8(17)6-11(18)13(10)24-14/h5-6,9H,3-4,7H2,1-2H3,(H2,19,20,21). The third-order valence-corrected chi connectivity index (χ3v) is 5.02. The zero-order valence-electron chi connectivity index (χ0n) is 13.4. The highest BCUT2D eigenvalue weighted by molar-refractivity contribution is 6.39. The molecule has 3 aromatic rings. The average Bonchev–Trinajstić information content (AvgIpc) is 3.12. The summed E-state index contributed by atoms with van der Waals surface area (Å²) in [6.45, 7) is 1.75. The predicted octanol–water partition coefficient (Wildman–Crippen LogP) is 3.41. The topological polar surface area (TPSA) is 71.4 Å². The van der Waals surface area contributed by atoms with Gasteiger partial charge in [-0.15, -0.1) is 0 Å². The van der Waals surface area contributed by atoms with Gasteiger partial charge < -0.3 is 20.0 Å². The molecule has 0 saturated carbocycles. The fraction of sp³-hybridized carbons (Fsp3) is 0.375. The van der Waals surface area contributed by atoms with Crippen molar-refractivity contribution in [1.82, 2.24) is 14.9 Å². The summed E-state index contributed by atoms with van der Waals surface area (Å²) in [4.78, 5) is 13.2. The molecule has 8 heteroatoms. The lowest BCUT2D eigenvalue weighted by atomic mass is 10.2. The first-order valence-corrected chi connectivity index (χ1v) is 8.46. The lowest BCUT2D eigenvalue weighted by Crippen LogP contribution is -2.31. The van der Waals surface area contributed by atoms with Gasteiger partial charge in [-0.05, 0) is 32.6 Å². The van der Waals surface area contributed by atoms with E-state index in [-0.39, 0.29) is 5.95 Å². The van der Waals surface area contributed by atoms with Crippen LogP contribution in [0.4, 0.5) is 11.8 Å². The van der Waals surface area contributed by atoms with Crippen LogP contribution in [0.3, 0.4) is 0 Å². The first kappa shape index (κ1) is 15.7. The Hall–Kier alpha value is -1.76. The molecule has 1 aliphatic rings. The molecule has 1 aromatic carbocycles. The van der Waals surface area contributed by atoms with Gasteiger partial charge >= 0.3 is 0 Å². The first-order chi connectivity index (χ1) is 11.4. The number of aromatic nitrogens is 2. The monoisotopic (exact) mass is 365 g/mol. The van der Waals surface area contributed by atoms with Crippen molar-refractivity contribution < 1.29 is 4.42 Å². The number of nitrogens with zero attached hydrogens (tertiary/aromatic N) is 4. The zero-order chi connectivity index (χ0) is 17.0. The quantitative estimate of drug-likeness (QED) is 0.750. The van der Waals surface area contributed by atoms with Gasteiger partial charge in [-0.25, -0.2) is 4.98 Å². The molecule has 0 spiro atoms. The fourth-order valence-electron chi connectivity index (χ4n) is 3.24. The van der Waals surface area contributed by atoms with Gasteiger partial charge in [0, 0.05) is 24.2 Å². The number of benzene rings is 1. The smallest absolute Gasteiger partial charge is 0.222 e. The number of nitrogens with two attached hydrogens (primary N) is 1. The van der Waals surface area contributed by atoms with E-state index in [2.05, 4.69) is 33.9 Å². The molecular weight excluding hydrogens is 349 g/mol. The van der Waals surface area contributed by atoms with Gasteiger partial charge in [-0.3, -0.25) is 0 Å². The van der Waals surface area contributed by atoms with Crippen molar-refractivity contribution in [3.63, 3.8) is 0 Å². The van der Waals surface area contributed by atoms with E-state index in [1.807, 2.05) is 0 Å². The zero-order valence-corrected chi connectivity index (χ0v) is 14.9. The van der Waals surface area contributed by atoms with Crippen molar-refractivity contribution in [2.24, 2.45) is 0 Å². The molecule has 24 heavy (non-hydrogen) atoms. The second-order valence-electron chi connectivity index (χ2n) is 6.30. The number of nitrogen functional groups attached to an aromatic ring is 1. The first-order valence-electron chi connectivity index (χ1n) is 7.70. The van der Waals surface area contributed by atoms with Crippen molar-refractivity contribution in [2.75, 3.05) is 37.8 Å². The summed E-state index contributed by atoms with van der Waals surface area (Å²) in [7, 11) is 4.17. The molecule has 1 atom stereocenters. The third kappa shape index (κ3) is 2.46. The number of likely N-dealkylation sites (N-methyl/N-ethyl adjacent to an activating group) is 1. The SMILES string of the molecule is CN(C)C1CCN(c2nc(N)nc3c2oc2c(Cl)cc(Cl)cc23)C1. The van der Waals surface area contributed by atoms with Crippen molar-refractivity contribution >= 4 is 57.0 Å². The Bertz CT molecular complexity index is 939. The average molecular weight is 366 g/mol. The third-order valence-electron chi connectivity index (χ3n) is 4.53. The van der Waals surface area contributed by atoms with E-state index >= 15 is 0 Å². The van der Waals surface area contributed by atoms with Gasteiger partial charge in [0.15, 0.2) is 17.0 Å². The Morgan fingerprint density at radius 1 is 1.25 bits per heavy atom. The van der Waals surface area contributed by atoms with E-state index in [9.17, 15) is 0 Å². The summed E-state index contributed by atoms with van der Waals surface area (Å²) in [5.41, 5.74) is 7.75. The van der Waals surface area contributed by atoms with Gasteiger partial charge in [-0.2, -0.15) is 4.98 Å². The molecule has 1 unspecified atom stereocenters. The summed E-state index contributed by atoms with van der Waals surface area (Å²) >= 11 is 12.4. The molecule has 0 radical (unpaired) electrons. The van der Waals surface area contributed by atoms with Crippen LogP contribution in [0.25, 0.3) is 22.1 Å². The number of fused-ring (bicyclic) bond motifs is 3. The van der Waals surface area contributed by atoms with E-state index < -0.39 is 0 Å². The Labute approximate surface area is 149 Å². The molecule has 2 aromatic heterocycles. The summed E-state index contributed by atoms with van der Waals surface area (Å²) in [5.74, 6) is 0.926. The van der Waals surface area contributed by atoms with Crippen LogP contribution < -0.4 is 10.6 Å². The highest BCUT2D eigenvalue weighted by Crippen LogP contribution is 2.39. The molecule has 1 fully saturated rings. The minimum atomic E-state index is 0.213. The molecule has 6 nitrogen and oxygen atoms in total. The highest BCUT2D eigenvalue weighted by Gasteiger charge is 2.28. The maximum absolute atomic E-state index is 6.27. The number of anilines is 2. The number of rotatable bonds is 2. The second kappa shape index (κ2) is 5.65. The predicted molar refractivity (Wildman–Crippen MR) is 98.0 cm³/mol. The van der Waals surface area contributed by atoms with Gasteiger partial charge in [-0.1, -0.05) is 23.2 Å². The van der Waals surface area contributed by atoms with E-state index in [4.69, 9.17) is 33.4 Å². The van der Waals surface area contributed by atoms with Crippen LogP contribution in [0, 0.1) is 0 Å². The van der Waals surface area contributed by atoms with Crippen LogP contribution in [0.5, 0.6) is 0 Å². The minimum absolute atomic E-state index is 0.213. The van der Waals surface area contributed by atoms with Crippen LogP contribution in [-0.4, -0.2) is 48.1 Å². The van der Waals surface area contributed by atoms with Crippen molar-refractivity contribution in [2.45, 2.75) is 12.5 Å². The molecule has 0 amide bonds. The second-order valence-corrected chi connectivity index (χ2v) is 7.15. The number of hydrogen-bond acceptors (Lipinski definition) is 6. The normalized spacial score (nSPS) is 18.4. The lowest BCUT2D eigenvalue weighted by Gasteiger charge is -2.21. The molecule has 0 bridgehead atoms. The van der Waals surface area contributed by atoms with E-state index in [1.165, 1.54) is 0 Å². The van der Waals surface area contributed by atoms with Crippen LogP contribution in [0.1, 0.15) is 6.42 Å². The fourth-order valence-corrected chi connectivity index (χ4v) is 3.78. The van der Waals surface area contributed by atoms with Crippen molar-refractivity contribution in [3.8, 4) is 0 Å². The Balaban J connectivity index is 1.92. The molecule has 1 saturated heterocycles. The van der Waals surface area contributed by atoms with Crippen molar-refractivity contribution in [3.05, 3.63) is 22.2 Å². The highest BCUT2D eigenvalue weighted by atomic mass is 35.5. The number of hydrogen-bond donors (Lipinski definition) is 1. The maximum atomic E-state index is 6.27. The summed E-state index contributed by atoms with van der Waals surface area (Å²) in [6, 6.07) is 3.92. The molecule has 2 N–H and O–H groups in total. The molecule has 3 heterocycles. The molecular formula is C16H17Cl2N5O. The van der Waals surface area contributed by atoms with Crippen LogP contribution >= 0.6 is 23.2 Å². The summed E-state index contributed by atoms with van der Waals surface area (Å²) in [5, 5.41) is 1.73. The number of furan rings is 1.